The van der Waals surface area contributed by atoms with Crippen LogP contribution in [0.5, 0.6) is 5.75 Å². The Hall–Kier alpha value is -3.19. The van der Waals surface area contributed by atoms with Gasteiger partial charge in [-0.25, -0.2) is 9.97 Å². The molecule has 1 N–H and O–H groups in total. The average molecular weight is 407 g/mol. The number of benzene rings is 2. The second kappa shape index (κ2) is 9.34. The van der Waals surface area contributed by atoms with Crippen molar-refractivity contribution in [1.82, 2.24) is 9.97 Å². The first kappa shape index (κ1) is 20.5. The maximum Gasteiger partial charge on any atom is 0.262 e. The van der Waals surface area contributed by atoms with E-state index in [0.717, 1.165) is 16.3 Å². The maximum absolute atomic E-state index is 12.1. The van der Waals surface area contributed by atoms with Crippen LogP contribution in [-0.2, 0) is 4.79 Å². The predicted octanol–water partition coefficient (Wildman–Crippen LogP) is 4.46. The number of ether oxygens (including phenoxy) is 1. The molecule has 0 saturated heterocycles. The van der Waals surface area contributed by atoms with Crippen LogP contribution < -0.4 is 10.1 Å². The quantitative estimate of drug-likeness (QED) is 0.460. The summed E-state index contributed by atoms with van der Waals surface area (Å²) in [6, 6.07) is 16.1. The van der Waals surface area contributed by atoms with E-state index in [1.165, 1.54) is 18.7 Å². The van der Waals surface area contributed by atoms with E-state index in [9.17, 15) is 9.59 Å². The highest BCUT2D eigenvalue weighted by molar-refractivity contribution is 7.99. The molecular formula is C22H21N3O3S. The summed E-state index contributed by atoms with van der Waals surface area (Å²) in [7, 11) is 0. The molecule has 0 aliphatic heterocycles. The molecule has 1 heterocycles. The number of aryl methyl sites for hydroxylation is 2. The highest BCUT2D eigenvalue weighted by Crippen LogP contribution is 2.26. The summed E-state index contributed by atoms with van der Waals surface area (Å²) in [5.74, 6) is 0.254. The van der Waals surface area contributed by atoms with E-state index in [2.05, 4.69) is 15.3 Å². The Balaban J connectivity index is 1.52. The third-order valence-electron chi connectivity index (χ3n) is 3.94. The molecule has 29 heavy (non-hydrogen) atoms. The molecular weight excluding hydrogens is 386 g/mol. The summed E-state index contributed by atoms with van der Waals surface area (Å²) in [6.45, 7) is 5.27. The van der Waals surface area contributed by atoms with Gasteiger partial charge < -0.3 is 10.1 Å². The van der Waals surface area contributed by atoms with Crippen LogP contribution in [0.2, 0.25) is 0 Å². The maximum atomic E-state index is 12.1. The van der Waals surface area contributed by atoms with Crippen LogP contribution in [-0.4, -0.2) is 28.3 Å². The smallest absolute Gasteiger partial charge is 0.262 e. The molecule has 0 unspecified atom stereocenters. The van der Waals surface area contributed by atoms with Gasteiger partial charge in [-0.1, -0.05) is 0 Å². The number of nitrogens with zero attached hydrogens (tertiary/aromatic N) is 2. The lowest BCUT2D eigenvalue weighted by molar-refractivity contribution is -0.118. The van der Waals surface area contributed by atoms with Crippen molar-refractivity contribution in [2.45, 2.75) is 30.8 Å². The lowest BCUT2D eigenvalue weighted by atomic mass is 10.1. The van der Waals surface area contributed by atoms with E-state index in [1.807, 2.05) is 44.2 Å². The molecule has 0 atom stereocenters. The van der Waals surface area contributed by atoms with Crippen molar-refractivity contribution in [2.75, 3.05) is 11.9 Å². The van der Waals surface area contributed by atoms with Crippen LogP contribution in [0.3, 0.4) is 0 Å². The number of carbonyl (C=O) groups is 2. The molecule has 148 valence electrons. The van der Waals surface area contributed by atoms with Crippen LogP contribution in [0.15, 0.2) is 64.6 Å². The van der Waals surface area contributed by atoms with E-state index in [1.54, 1.807) is 24.3 Å². The van der Waals surface area contributed by atoms with E-state index in [4.69, 9.17) is 4.74 Å². The van der Waals surface area contributed by atoms with Crippen molar-refractivity contribution in [3.63, 3.8) is 0 Å². The first-order chi connectivity index (χ1) is 13.9. The Morgan fingerprint density at radius 3 is 2.17 bits per heavy atom. The number of hydrogen-bond donors (Lipinski definition) is 1. The number of nitrogens with one attached hydrogen (secondary N) is 1. The van der Waals surface area contributed by atoms with Gasteiger partial charge in [0, 0.05) is 27.5 Å². The van der Waals surface area contributed by atoms with Crippen molar-refractivity contribution in [1.29, 1.82) is 0 Å². The molecule has 3 rings (SSSR count). The first-order valence-electron chi connectivity index (χ1n) is 9.03. The molecule has 0 bridgehead atoms. The number of ketones is 1. The molecule has 0 aliphatic carbocycles. The Morgan fingerprint density at radius 2 is 1.59 bits per heavy atom. The highest BCUT2D eigenvalue weighted by Gasteiger charge is 2.07. The molecule has 3 aromatic rings. The fraction of sp³-hybridized carbons (Fsp3) is 0.182. The molecule has 0 radical (unpaired) electrons. The topological polar surface area (TPSA) is 81.2 Å². The second-order valence-electron chi connectivity index (χ2n) is 6.48. The minimum absolute atomic E-state index is 0.0139. The zero-order chi connectivity index (χ0) is 20.8. The number of anilines is 1. The summed E-state index contributed by atoms with van der Waals surface area (Å²) < 4.78 is 5.46. The molecule has 0 saturated carbocycles. The van der Waals surface area contributed by atoms with Gasteiger partial charge in [0.05, 0.1) is 0 Å². The van der Waals surface area contributed by atoms with Crippen molar-refractivity contribution >= 4 is 29.1 Å². The van der Waals surface area contributed by atoms with E-state index in [0.29, 0.717) is 22.2 Å². The van der Waals surface area contributed by atoms with Gasteiger partial charge in [-0.3, -0.25) is 9.59 Å². The van der Waals surface area contributed by atoms with Gasteiger partial charge >= 0.3 is 0 Å². The summed E-state index contributed by atoms with van der Waals surface area (Å²) in [4.78, 5) is 33.2. The second-order valence-corrected chi connectivity index (χ2v) is 7.52. The van der Waals surface area contributed by atoms with Gasteiger partial charge in [-0.05, 0) is 87.1 Å². The lowest BCUT2D eigenvalue weighted by Gasteiger charge is -2.09. The Kier molecular flexibility index (Phi) is 6.61. The standard InChI is InChI=1S/C22H21N3O3S/c1-14-12-15(2)24-22(23-14)29-20-10-6-18(7-11-20)25-21(27)13-28-19-8-4-17(5-9-19)16(3)26/h4-12H,13H2,1-3H3,(H,25,27). The Morgan fingerprint density at radius 1 is 0.966 bits per heavy atom. The molecule has 7 heteroatoms. The minimum atomic E-state index is -0.265. The van der Waals surface area contributed by atoms with Crippen LogP contribution >= 0.6 is 11.8 Å². The van der Waals surface area contributed by atoms with Gasteiger partial charge in [0.2, 0.25) is 0 Å². The number of carbonyl (C=O) groups excluding carboxylic acids is 2. The third-order valence-corrected chi connectivity index (χ3v) is 4.81. The van der Waals surface area contributed by atoms with Gasteiger partial charge in [0.1, 0.15) is 5.75 Å². The first-order valence-corrected chi connectivity index (χ1v) is 9.84. The summed E-state index contributed by atoms with van der Waals surface area (Å²) in [5, 5.41) is 3.49. The van der Waals surface area contributed by atoms with Crippen molar-refractivity contribution < 1.29 is 14.3 Å². The van der Waals surface area contributed by atoms with Crippen molar-refractivity contribution in [3.8, 4) is 5.75 Å². The van der Waals surface area contributed by atoms with E-state index < -0.39 is 0 Å². The molecule has 0 spiro atoms. The summed E-state index contributed by atoms with van der Waals surface area (Å²) in [6.07, 6.45) is 0. The summed E-state index contributed by atoms with van der Waals surface area (Å²) in [5.41, 5.74) is 3.14. The normalized spacial score (nSPS) is 10.4. The molecule has 0 fully saturated rings. The van der Waals surface area contributed by atoms with Gasteiger partial charge in [0.15, 0.2) is 17.5 Å². The van der Waals surface area contributed by atoms with Crippen LogP contribution in [0.25, 0.3) is 0 Å². The van der Waals surface area contributed by atoms with Crippen molar-refractivity contribution in [2.24, 2.45) is 0 Å². The SMILES string of the molecule is CC(=O)c1ccc(OCC(=O)Nc2ccc(Sc3nc(C)cc(C)n3)cc2)cc1. The van der Waals surface area contributed by atoms with Crippen molar-refractivity contribution in [3.05, 3.63) is 71.5 Å². The number of amides is 1. The van der Waals surface area contributed by atoms with Crippen LogP contribution in [0.4, 0.5) is 5.69 Å². The highest BCUT2D eigenvalue weighted by atomic mass is 32.2. The molecule has 6 nitrogen and oxygen atoms in total. The van der Waals surface area contributed by atoms with E-state index >= 15 is 0 Å². The van der Waals surface area contributed by atoms with Crippen LogP contribution in [0, 0.1) is 13.8 Å². The number of rotatable bonds is 7. The molecule has 0 aliphatic rings. The monoisotopic (exact) mass is 407 g/mol. The van der Waals surface area contributed by atoms with Gasteiger partial charge in [-0.2, -0.15) is 0 Å². The van der Waals surface area contributed by atoms with E-state index in [-0.39, 0.29) is 18.3 Å². The number of hydrogen-bond acceptors (Lipinski definition) is 6. The minimum Gasteiger partial charge on any atom is -0.484 e. The number of Topliss-reactive ketones (excluding diaryl/α,β-unsaturated/α-hetero) is 1. The molecule has 2 aromatic carbocycles. The Labute approximate surface area is 173 Å². The average Bonchev–Trinajstić information content (AvgIpc) is 2.67. The van der Waals surface area contributed by atoms with Gasteiger partial charge in [-0.15, -0.1) is 0 Å². The zero-order valence-corrected chi connectivity index (χ0v) is 17.2. The Bertz CT molecular complexity index is 998. The predicted molar refractivity (Wildman–Crippen MR) is 113 cm³/mol. The molecule has 1 amide bonds. The van der Waals surface area contributed by atoms with Gasteiger partial charge in [0.25, 0.3) is 5.91 Å². The molecule has 1 aromatic heterocycles. The zero-order valence-electron chi connectivity index (χ0n) is 16.4. The fourth-order valence-corrected chi connectivity index (χ4v) is 3.45. The fourth-order valence-electron chi connectivity index (χ4n) is 2.58. The summed E-state index contributed by atoms with van der Waals surface area (Å²) >= 11 is 1.47. The number of aromatic nitrogens is 2. The lowest BCUT2D eigenvalue weighted by Crippen LogP contribution is -2.20. The third kappa shape index (κ3) is 6.15. The van der Waals surface area contributed by atoms with Crippen LogP contribution in [0.1, 0.15) is 28.7 Å². The largest absolute Gasteiger partial charge is 0.484 e.